The van der Waals surface area contributed by atoms with Crippen molar-refractivity contribution >= 4 is 5.97 Å². The van der Waals surface area contributed by atoms with Crippen LogP contribution in [0.2, 0.25) is 0 Å². The minimum Gasteiger partial charge on any atom is -0.465 e. The molecule has 4 nitrogen and oxygen atoms in total. The van der Waals surface area contributed by atoms with E-state index >= 15 is 0 Å². The Bertz CT molecular complexity index is 246. The van der Waals surface area contributed by atoms with Gasteiger partial charge in [-0.15, -0.1) is 0 Å². The summed E-state index contributed by atoms with van der Waals surface area (Å²) in [7, 11) is 2.03. The molecule has 1 aliphatic carbocycles. The molecule has 0 aromatic heterocycles. The number of carbonyl (C=O) groups excluding carboxylic acids is 1. The average molecular weight is 242 g/mol. The minimum atomic E-state index is -0.118. The lowest BCUT2D eigenvalue weighted by Gasteiger charge is -2.34. The van der Waals surface area contributed by atoms with Crippen LogP contribution in [0, 0.1) is 5.92 Å². The van der Waals surface area contributed by atoms with Crippen molar-refractivity contribution < 1.29 is 9.53 Å². The van der Waals surface area contributed by atoms with Gasteiger partial charge in [-0.25, -0.2) is 0 Å². The summed E-state index contributed by atoms with van der Waals surface area (Å²) in [6, 6.07) is 0.321. The molecule has 0 saturated heterocycles. The van der Waals surface area contributed by atoms with Crippen LogP contribution < -0.4 is 5.73 Å². The number of nitrogens with zero attached hydrogens (tertiary/aromatic N) is 1. The van der Waals surface area contributed by atoms with Crippen LogP contribution in [0.3, 0.4) is 0 Å². The van der Waals surface area contributed by atoms with Gasteiger partial charge in [-0.3, -0.25) is 9.69 Å². The van der Waals surface area contributed by atoms with Crippen molar-refractivity contribution in [1.29, 1.82) is 0 Å². The van der Waals surface area contributed by atoms with Crippen LogP contribution >= 0.6 is 0 Å². The number of hydrogen-bond acceptors (Lipinski definition) is 4. The Morgan fingerprint density at radius 3 is 2.71 bits per heavy atom. The Hall–Kier alpha value is -0.610. The predicted octanol–water partition coefficient (Wildman–Crippen LogP) is 1.39. The number of hydrogen-bond donors (Lipinski definition) is 1. The van der Waals surface area contributed by atoms with Gasteiger partial charge in [0.1, 0.15) is 6.04 Å². The van der Waals surface area contributed by atoms with Gasteiger partial charge in [0.25, 0.3) is 0 Å². The molecule has 100 valence electrons. The van der Waals surface area contributed by atoms with E-state index < -0.39 is 0 Å². The third-order valence-corrected chi connectivity index (χ3v) is 3.88. The van der Waals surface area contributed by atoms with Crippen LogP contribution in [-0.2, 0) is 9.53 Å². The predicted molar refractivity (Wildman–Crippen MR) is 68.7 cm³/mol. The molecule has 0 bridgehead atoms. The highest BCUT2D eigenvalue weighted by molar-refractivity contribution is 5.75. The molecule has 1 aliphatic rings. The topological polar surface area (TPSA) is 55.6 Å². The Kier molecular flexibility index (Phi) is 5.92. The van der Waals surface area contributed by atoms with Gasteiger partial charge in [-0.1, -0.05) is 13.3 Å². The standard InChI is InChI=1S/C13H26N2O2/c1-4-11(13(16)17-5-2)15(3)12-8-6-7-10(12)9-14/h10-12H,4-9,14H2,1-3H3. The fraction of sp³-hybridized carbons (Fsp3) is 0.923. The molecular formula is C13H26N2O2. The summed E-state index contributed by atoms with van der Waals surface area (Å²) < 4.78 is 5.13. The molecule has 1 rings (SSSR count). The van der Waals surface area contributed by atoms with Gasteiger partial charge in [0, 0.05) is 6.04 Å². The lowest BCUT2D eigenvalue weighted by molar-refractivity contribution is -0.150. The summed E-state index contributed by atoms with van der Waals surface area (Å²) in [4.78, 5) is 14.1. The normalized spacial score (nSPS) is 26.2. The quantitative estimate of drug-likeness (QED) is 0.715. The maximum atomic E-state index is 11.9. The third-order valence-electron chi connectivity index (χ3n) is 3.88. The van der Waals surface area contributed by atoms with E-state index in [0.29, 0.717) is 25.1 Å². The summed E-state index contributed by atoms with van der Waals surface area (Å²) in [6.07, 6.45) is 4.35. The summed E-state index contributed by atoms with van der Waals surface area (Å²) in [5.41, 5.74) is 5.80. The largest absolute Gasteiger partial charge is 0.465 e. The molecule has 0 heterocycles. The first-order chi connectivity index (χ1) is 8.15. The zero-order valence-corrected chi connectivity index (χ0v) is 11.3. The molecule has 0 amide bonds. The molecule has 1 fully saturated rings. The van der Waals surface area contributed by atoms with Crippen LogP contribution in [0.25, 0.3) is 0 Å². The van der Waals surface area contributed by atoms with Gasteiger partial charge in [-0.05, 0) is 45.7 Å². The monoisotopic (exact) mass is 242 g/mol. The molecule has 3 atom stereocenters. The molecule has 0 radical (unpaired) electrons. The zero-order chi connectivity index (χ0) is 12.8. The van der Waals surface area contributed by atoms with Crippen molar-refractivity contribution in [2.24, 2.45) is 11.7 Å². The van der Waals surface area contributed by atoms with Crippen LogP contribution in [0.4, 0.5) is 0 Å². The SMILES string of the molecule is CCOC(=O)C(CC)N(C)C1CCCC1CN. The number of esters is 1. The highest BCUT2D eigenvalue weighted by atomic mass is 16.5. The average Bonchev–Trinajstić information content (AvgIpc) is 2.78. The summed E-state index contributed by atoms with van der Waals surface area (Å²) in [6.45, 7) is 5.05. The smallest absolute Gasteiger partial charge is 0.323 e. The van der Waals surface area contributed by atoms with Crippen LogP contribution in [0.1, 0.15) is 39.5 Å². The van der Waals surface area contributed by atoms with Gasteiger partial charge in [0.15, 0.2) is 0 Å². The highest BCUT2D eigenvalue weighted by Gasteiger charge is 2.35. The first-order valence-corrected chi connectivity index (χ1v) is 6.74. The van der Waals surface area contributed by atoms with Crippen molar-refractivity contribution in [2.75, 3.05) is 20.2 Å². The van der Waals surface area contributed by atoms with Gasteiger partial charge in [0.2, 0.25) is 0 Å². The Balaban J connectivity index is 2.64. The van der Waals surface area contributed by atoms with E-state index in [1.165, 1.54) is 12.8 Å². The van der Waals surface area contributed by atoms with E-state index in [9.17, 15) is 4.79 Å². The second-order valence-electron chi connectivity index (χ2n) is 4.84. The van der Waals surface area contributed by atoms with E-state index in [1.807, 2.05) is 20.9 Å². The Labute approximate surface area is 104 Å². The van der Waals surface area contributed by atoms with Crippen LogP contribution in [0.15, 0.2) is 0 Å². The lowest BCUT2D eigenvalue weighted by Crippen LogP contribution is -2.47. The first-order valence-electron chi connectivity index (χ1n) is 6.74. The Morgan fingerprint density at radius 1 is 1.47 bits per heavy atom. The second-order valence-corrected chi connectivity index (χ2v) is 4.84. The van der Waals surface area contributed by atoms with Crippen molar-refractivity contribution in [3.63, 3.8) is 0 Å². The molecule has 0 aromatic rings. The fourth-order valence-corrected chi connectivity index (χ4v) is 2.92. The number of nitrogens with two attached hydrogens (primary N) is 1. The van der Waals surface area contributed by atoms with Gasteiger partial charge in [-0.2, -0.15) is 0 Å². The highest BCUT2D eigenvalue weighted by Crippen LogP contribution is 2.30. The number of ether oxygens (including phenoxy) is 1. The van der Waals surface area contributed by atoms with Crippen molar-refractivity contribution in [2.45, 2.75) is 51.6 Å². The molecule has 0 aromatic carbocycles. The molecule has 1 saturated carbocycles. The molecule has 17 heavy (non-hydrogen) atoms. The van der Waals surface area contributed by atoms with Crippen molar-refractivity contribution in [3.05, 3.63) is 0 Å². The van der Waals surface area contributed by atoms with Crippen molar-refractivity contribution in [3.8, 4) is 0 Å². The minimum absolute atomic E-state index is 0.0971. The van der Waals surface area contributed by atoms with E-state index in [-0.39, 0.29) is 12.0 Å². The second kappa shape index (κ2) is 6.97. The number of carbonyl (C=O) groups is 1. The number of likely N-dealkylation sites (N-methyl/N-ethyl adjacent to an activating group) is 1. The van der Waals surface area contributed by atoms with Gasteiger partial charge < -0.3 is 10.5 Å². The van der Waals surface area contributed by atoms with E-state index in [2.05, 4.69) is 4.90 Å². The van der Waals surface area contributed by atoms with E-state index in [1.54, 1.807) is 0 Å². The van der Waals surface area contributed by atoms with Gasteiger partial charge >= 0.3 is 5.97 Å². The molecule has 3 unspecified atom stereocenters. The summed E-state index contributed by atoms with van der Waals surface area (Å²) in [5, 5.41) is 0. The molecule has 2 N–H and O–H groups in total. The van der Waals surface area contributed by atoms with E-state index in [0.717, 1.165) is 12.8 Å². The molecular weight excluding hydrogens is 216 g/mol. The van der Waals surface area contributed by atoms with E-state index in [4.69, 9.17) is 10.5 Å². The maximum absolute atomic E-state index is 11.9. The third kappa shape index (κ3) is 3.42. The zero-order valence-electron chi connectivity index (χ0n) is 11.3. The van der Waals surface area contributed by atoms with Crippen molar-refractivity contribution in [1.82, 2.24) is 4.90 Å². The first kappa shape index (κ1) is 14.5. The summed E-state index contributed by atoms with van der Waals surface area (Å²) >= 11 is 0. The lowest BCUT2D eigenvalue weighted by atomic mass is 10.0. The fourth-order valence-electron chi connectivity index (χ4n) is 2.92. The number of rotatable bonds is 6. The van der Waals surface area contributed by atoms with Crippen LogP contribution in [0.5, 0.6) is 0 Å². The summed E-state index contributed by atoms with van der Waals surface area (Å²) in [5.74, 6) is 0.434. The molecule has 0 spiro atoms. The Morgan fingerprint density at radius 2 is 2.18 bits per heavy atom. The van der Waals surface area contributed by atoms with Crippen LogP contribution in [-0.4, -0.2) is 43.2 Å². The van der Waals surface area contributed by atoms with Gasteiger partial charge in [0.05, 0.1) is 6.61 Å². The molecule has 4 heteroatoms. The maximum Gasteiger partial charge on any atom is 0.323 e. The molecule has 0 aliphatic heterocycles.